The molecule has 1 unspecified atom stereocenters. The molecule has 0 saturated carbocycles. The second-order valence-electron chi connectivity index (χ2n) is 5.90. The summed E-state index contributed by atoms with van der Waals surface area (Å²) >= 11 is 9.10. The molecule has 9 heteroatoms. The normalized spacial score (nSPS) is 16.7. The van der Waals surface area contributed by atoms with Gasteiger partial charge in [0.05, 0.1) is 22.2 Å². The zero-order valence-electron chi connectivity index (χ0n) is 14.2. The molecule has 0 aliphatic carbocycles. The van der Waals surface area contributed by atoms with Crippen LogP contribution in [0.4, 0.5) is 0 Å². The number of hydrogen-bond donors (Lipinski definition) is 2. The van der Waals surface area contributed by atoms with Crippen LogP contribution >= 0.6 is 27.5 Å². The maximum atomic E-state index is 10.5. The van der Waals surface area contributed by atoms with Gasteiger partial charge in [0.1, 0.15) is 10.9 Å². The fraction of sp³-hybridized carbons (Fsp3) is 0.353. The van der Waals surface area contributed by atoms with Crippen molar-refractivity contribution in [1.29, 1.82) is 0 Å². The third-order valence-corrected chi connectivity index (χ3v) is 5.74. The first-order valence-corrected chi connectivity index (χ1v) is 10.6. The summed E-state index contributed by atoms with van der Waals surface area (Å²) in [4.78, 5) is 3.94. The van der Waals surface area contributed by atoms with Crippen molar-refractivity contribution >= 4 is 37.6 Å². The Morgan fingerprint density at radius 1 is 1.38 bits per heavy atom. The summed E-state index contributed by atoms with van der Waals surface area (Å²) in [6.07, 6.45) is 2.83. The summed E-state index contributed by atoms with van der Waals surface area (Å²) in [6.45, 7) is 4.72. The van der Waals surface area contributed by atoms with Gasteiger partial charge in [-0.3, -0.25) is 4.55 Å². The Hall–Kier alpha value is -1.19. The number of nitrogens with zero attached hydrogens (tertiary/aromatic N) is 1. The van der Waals surface area contributed by atoms with E-state index in [4.69, 9.17) is 20.9 Å². The van der Waals surface area contributed by atoms with Crippen LogP contribution < -0.4 is 10.1 Å². The fourth-order valence-electron chi connectivity index (χ4n) is 2.26. The van der Waals surface area contributed by atoms with Gasteiger partial charge in [0.25, 0.3) is 10.1 Å². The van der Waals surface area contributed by atoms with E-state index in [0.29, 0.717) is 11.1 Å². The first kappa shape index (κ1) is 21.1. The van der Waals surface area contributed by atoms with E-state index in [1.54, 1.807) is 18.3 Å². The Labute approximate surface area is 166 Å². The summed E-state index contributed by atoms with van der Waals surface area (Å²) in [5, 5.41) is 3.77. The molecule has 2 N–H and O–H groups in total. The zero-order chi connectivity index (χ0) is 19.2. The molecular weight excluding hydrogens is 444 g/mol. The Morgan fingerprint density at radius 2 is 2.08 bits per heavy atom. The van der Waals surface area contributed by atoms with Gasteiger partial charge in [-0.2, -0.15) is 8.42 Å². The molecule has 6 nitrogen and oxygen atoms in total. The van der Waals surface area contributed by atoms with Gasteiger partial charge >= 0.3 is 0 Å². The Kier molecular flexibility index (Phi) is 7.85. The highest BCUT2D eigenvalue weighted by molar-refractivity contribution is 9.10. The molecule has 0 amide bonds. The van der Waals surface area contributed by atoms with E-state index >= 15 is 0 Å². The van der Waals surface area contributed by atoms with E-state index in [1.807, 2.05) is 13.0 Å². The predicted octanol–water partition coefficient (Wildman–Crippen LogP) is 3.73. The molecule has 142 valence electrons. The smallest absolute Gasteiger partial charge is 0.294 e. The highest BCUT2D eigenvalue weighted by Crippen LogP contribution is 2.24. The second kappa shape index (κ2) is 9.66. The Bertz CT molecular complexity index is 825. The molecule has 0 spiro atoms. The lowest BCUT2D eigenvalue weighted by molar-refractivity contribution is 0.259. The van der Waals surface area contributed by atoms with Crippen LogP contribution in [0.25, 0.3) is 0 Å². The third-order valence-electron chi connectivity index (χ3n) is 3.74. The predicted molar refractivity (Wildman–Crippen MR) is 104 cm³/mol. The van der Waals surface area contributed by atoms with Crippen molar-refractivity contribution in [2.45, 2.75) is 18.2 Å². The van der Waals surface area contributed by atoms with E-state index < -0.39 is 10.1 Å². The summed E-state index contributed by atoms with van der Waals surface area (Å²) in [5.41, 5.74) is 0.956. The van der Waals surface area contributed by atoms with Gasteiger partial charge in [0.2, 0.25) is 0 Å². The largest absolute Gasteiger partial charge is 0.492 e. The number of hydrogen-bond acceptors (Lipinski definition) is 5. The molecule has 0 bridgehead atoms. The molecule has 1 atom stereocenters. The van der Waals surface area contributed by atoms with Crippen molar-refractivity contribution in [1.82, 2.24) is 10.3 Å². The second-order valence-corrected chi connectivity index (χ2v) is 8.54. The minimum absolute atomic E-state index is 0.0666. The van der Waals surface area contributed by atoms with E-state index in [9.17, 15) is 8.42 Å². The topological polar surface area (TPSA) is 88.5 Å². The Morgan fingerprint density at radius 3 is 2.62 bits per heavy atom. The lowest BCUT2D eigenvalue weighted by Gasteiger charge is -2.10. The molecule has 0 radical (unpaired) electrons. The minimum Gasteiger partial charge on any atom is -0.492 e. The van der Waals surface area contributed by atoms with Crippen LogP contribution in [0.5, 0.6) is 5.75 Å². The fourth-order valence-corrected chi connectivity index (χ4v) is 3.17. The van der Waals surface area contributed by atoms with Crippen LogP contribution in [-0.2, 0) is 10.1 Å². The van der Waals surface area contributed by atoms with E-state index in [1.165, 1.54) is 18.6 Å². The van der Waals surface area contributed by atoms with Crippen LogP contribution in [-0.4, -0.2) is 37.7 Å². The zero-order valence-corrected chi connectivity index (χ0v) is 17.3. The first-order chi connectivity index (χ1) is 12.3. The molecule has 1 saturated heterocycles. The monoisotopic (exact) mass is 462 g/mol. The number of ether oxygens (including phenoxy) is 1. The van der Waals surface area contributed by atoms with Crippen molar-refractivity contribution in [3.63, 3.8) is 0 Å². The van der Waals surface area contributed by atoms with Crippen LogP contribution in [0.1, 0.15) is 12.0 Å². The number of aromatic nitrogens is 1. The van der Waals surface area contributed by atoms with Crippen molar-refractivity contribution in [3.8, 4) is 5.75 Å². The molecule has 1 aliphatic heterocycles. The average molecular weight is 464 g/mol. The molecule has 2 heterocycles. The van der Waals surface area contributed by atoms with Crippen molar-refractivity contribution in [2.75, 3.05) is 19.7 Å². The molecule has 1 fully saturated rings. The van der Waals surface area contributed by atoms with Gasteiger partial charge in [0.15, 0.2) is 0 Å². The standard InChI is InChI=1S/C10H12BrClN2O.C7H8O3S/c11-9-3-8(5-14-10(9)12)15-6-7-1-2-13-4-7;1-6-2-4-7(5-3-6)11(8,9)10/h3,5,7,13H,1-2,4,6H2;2-5H,1H3,(H,8,9,10). The number of halogens is 2. The highest BCUT2D eigenvalue weighted by Gasteiger charge is 2.15. The van der Waals surface area contributed by atoms with Crippen LogP contribution in [0.15, 0.2) is 45.9 Å². The maximum Gasteiger partial charge on any atom is 0.294 e. The average Bonchev–Trinajstić information content (AvgIpc) is 3.10. The SMILES string of the molecule is Cc1ccc(S(=O)(=O)O)cc1.Clc1ncc(OCC2CCNC2)cc1Br. The quantitative estimate of drug-likeness (QED) is 0.530. The number of pyridine rings is 1. The van der Waals surface area contributed by atoms with Crippen molar-refractivity contribution < 1.29 is 17.7 Å². The lowest BCUT2D eigenvalue weighted by atomic mass is 10.1. The van der Waals surface area contributed by atoms with Gasteiger partial charge in [0, 0.05) is 12.5 Å². The Balaban J connectivity index is 0.000000197. The van der Waals surface area contributed by atoms with E-state index in [0.717, 1.165) is 35.5 Å². The van der Waals surface area contributed by atoms with Gasteiger partial charge < -0.3 is 10.1 Å². The van der Waals surface area contributed by atoms with Gasteiger partial charge in [-0.1, -0.05) is 29.3 Å². The number of aryl methyl sites for hydroxylation is 1. The molecule has 26 heavy (non-hydrogen) atoms. The molecule has 2 aromatic rings. The van der Waals surface area contributed by atoms with Gasteiger partial charge in [-0.15, -0.1) is 0 Å². The maximum absolute atomic E-state index is 10.5. The molecular formula is C17H20BrClN2O4S. The minimum atomic E-state index is -4.02. The summed E-state index contributed by atoms with van der Waals surface area (Å²) in [5.74, 6) is 1.37. The summed E-state index contributed by atoms with van der Waals surface area (Å²) in [6, 6.07) is 7.83. The molecule has 1 aromatic heterocycles. The van der Waals surface area contributed by atoms with Crippen molar-refractivity contribution in [2.24, 2.45) is 5.92 Å². The van der Waals surface area contributed by atoms with Crippen LogP contribution in [0.2, 0.25) is 5.15 Å². The highest BCUT2D eigenvalue weighted by atomic mass is 79.9. The molecule has 3 rings (SSSR count). The first-order valence-electron chi connectivity index (χ1n) is 7.94. The summed E-state index contributed by atoms with van der Waals surface area (Å²) in [7, 11) is -4.02. The van der Waals surface area contributed by atoms with Gasteiger partial charge in [-0.25, -0.2) is 4.98 Å². The van der Waals surface area contributed by atoms with Crippen LogP contribution in [0.3, 0.4) is 0 Å². The number of benzene rings is 1. The number of nitrogens with one attached hydrogen (secondary N) is 1. The lowest BCUT2D eigenvalue weighted by Crippen LogP contribution is -2.15. The van der Waals surface area contributed by atoms with Gasteiger partial charge in [-0.05, 0) is 54.0 Å². The van der Waals surface area contributed by atoms with Crippen LogP contribution in [0, 0.1) is 12.8 Å². The number of rotatable bonds is 4. The summed E-state index contributed by atoms with van der Waals surface area (Å²) < 4.78 is 36.0. The van der Waals surface area contributed by atoms with Crippen molar-refractivity contribution in [3.05, 3.63) is 51.7 Å². The molecule has 1 aromatic carbocycles. The molecule has 1 aliphatic rings. The van der Waals surface area contributed by atoms with E-state index in [2.05, 4.69) is 26.2 Å². The third kappa shape index (κ3) is 6.85. The van der Waals surface area contributed by atoms with E-state index in [-0.39, 0.29) is 4.90 Å².